The van der Waals surface area contributed by atoms with Crippen LogP contribution in [-0.2, 0) is 14.4 Å². The van der Waals surface area contributed by atoms with Gasteiger partial charge in [-0.1, -0.05) is 0 Å². The number of hydrogen-bond donors (Lipinski definition) is 2. The summed E-state index contributed by atoms with van der Waals surface area (Å²) in [7, 11) is 0. The van der Waals surface area contributed by atoms with E-state index >= 15 is 0 Å². The largest absolute Gasteiger partial charge is 0.370 e. The number of amides is 2. The molecule has 0 saturated carbocycles. The lowest BCUT2D eigenvalue weighted by molar-refractivity contribution is -0.122. The van der Waals surface area contributed by atoms with Crippen molar-refractivity contribution in [2.45, 2.75) is 25.3 Å². The normalized spacial score (nSPS) is 22.5. The van der Waals surface area contributed by atoms with Gasteiger partial charge in [0, 0.05) is 6.42 Å². The molecular formula is C7H10N2O3. The highest BCUT2D eigenvalue weighted by atomic mass is 16.2. The Kier molecular flexibility index (Phi) is 2.42. The first-order valence-corrected chi connectivity index (χ1v) is 3.70. The van der Waals surface area contributed by atoms with Gasteiger partial charge in [-0.05, 0) is 6.42 Å². The van der Waals surface area contributed by atoms with Crippen molar-refractivity contribution in [1.29, 1.82) is 0 Å². The van der Waals surface area contributed by atoms with E-state index in [1.54, 1.807) is 0 Å². The molecule has 1 aliphatic heterocycles. The molecule has 0 aromatic heterocycles. The first-order valence-electron chi connectivity index (χ1n) is 3.70. The molecule has 12 heavy (non-hydrogen) atoms. The number of nitrogens with one attached hydrogen (secondary N) is 1. The second-order valence-corrected chi connectivity index (χ2v) is 2.77. The van der Waals surface area contributed by atoms with Gasteiger partial charge in [0.25, 0.3) is 0 Å². The summed E-state index contributed by atoms with van der Waals surface area (Å²) in [6, 6.07) is -0.495. The first kappa shape index (κ1) is 8.70. The van der Waals surface area contributed by atoms with Gasteiger partial charge in [0.15, 0.2) is 5.78 Å². The van der Waals surface area contributed by atoms with E-state index in [2.05, 4.69) is 5.32 Å². The monoisotopic (exact) mass is 170 g/mol. The molecule has 1 rings (SSSR count). The minimum atomic E-state index is -0.495. The number of rotatable bonds is 3. The number of primary amides is 1. The molecule has 2 amide bonds. The summed E-state index contributed by atoms with van der Waals surface area (Å²) in [6.07, 6.45) is 0.389. The summed E-state index contributed by atoms with van der Waals surface area (Å²) in [5.41, 5.74) is 4.89. The molecule has 1 atom stereocenters. The van der Waals surface area contributed by atoms with Crippen LogP contribution in [0.2, 0.25) is 0 Å². The SMILES string of the molecule is NC(=O)CCC1NC(=O)CC1=O. The molecule has 0 bridgehead atoms. The molecule has 1 unspecified atom stereocenters. The van der Waals surface area contributed by atoms with E-state index in [-0.39, 0.29) is 24.5 Å². The van der Waals surface area contributed by atoms with Crippen LogP contribution in [0.3, 0.4) is 0 Å². The predicted octanol–water partition coefficient (Wildman–Crippen LogP) is -1.29. The van der Waals surface area contributed by atoms with Crippen LogP contribution in [0.25, 0.3) is 0 Å². The predicted molar refractivity (Wildman–Crippen MR) is 40.0 cm³/mol. The van der Waals surface area contributed by atoms with Crippen molar-refractivity contribution in [3.63, 3.8) is 0 Å². The fourth-order valence-corrected chi connectivity index (χ4v) is 1.13. The Morgan fingerprint density at radius 2 is 2.25 bits per heavy atom. The van der Waals surface area contributed by atoms with Gasteiger partial charge in [0.2, 0.25) is 11.8 Å². The Bertz CT molecular complexity index is 237. The molecule has 0 aromatic carbocycles. The third-order valence-corrected chi connectivity index (χ3v) is 1.74. The van der Waals surface area contributed by atoms with Crippen molar-refractivity contribution in [3.05, 3.63) is 0 Å². The molecule has 1 saturated heterocycles. The highest BCUT2D eigenvalue weighted by Crippen LogP contribution is 2.07. The van der Waals surface area contributed by atoms with E-state index < -0.39 is 11.9 Å². The fraction of sp³-hybridized carbons (Fsp3) is 0.571. The fourth-order valence-electron chi connectivity index (χ4n) is 1.13. The van der Waals surface area contributed by atoms with Gasteiger partial charge in [-0.3, -0.25) is 14.4 Å². The lowest BCUT2D eigenvalue weighted by Crippen LogP contribution is -2.30. The van der Waals surface area contributed by atoms with E-state index in [0.717, 1.165) is 0 Å². The Balaban J connectivity index is 2.38. The molecule has 5 heteroatoms. The highest BCUT2D eigenvalue weighted by Gasteiger charge is 2.29. The number of nitrogens with two attached hydrogens (primary N) is 1. The molecule has 0 aliphatic carbocycles. The summed E-state index contributed by atoms with van der Waals surface area (Å²) in [5, 5.41) is 2.46. The van der Waals surface area contributed by atoms with Crippen molar-refractivity contribution in [3.8, 4) is 0 Å². The van der Waals surface area contributed by atoms with Crippen molar-refractivity contribution in [1.82, 2.24) is 5.32 Å². The maximum Gasteiger partial charge on any atom is 0.228 e. The number of ketones is 1. The van der Waals surface area contributed by atoms with Crippen LogP contribution >= 0.6 is 0 Å². The lowest BCUT2D eigenvalue weighted by atomic mass is 10.1. The molecule has 0 spiro atoms. The molecule has 1 heterocycles. The maximum absolute atomic E-state index is 11.0. The number of Topliss-reactive ketones (excluding diaryl/α,β-unsaturated/α-hetero) is 1. The summed E-state index contributed by atoms with van der Waals surface area (Å²) in [6.45, 7) is 0. The van der Waals surface area contributed by atoms with Gasteiger partial charge in [-0.25, -0.2) is 0 Å². The van der Waals surface area contributed by atoms with Crippen molar-refractivity contribution in [2.24, 2.45) is 5.73 Å². The molecule has 0 aromatic rings. The van der Waals surface area contributed by atoms with Crippen molar-refractivity contribution in [2.75, 3.05) is 0 Å². The Morgan fingerprint density at radius 3 is 2.67 bits per heavy atom. The maximum atomic E-state index is 11.0. The molecular weight excluding hydrogens is 160 g/mol. The minimum Gasteiger partial charge on any atom is -0.370 e. The van der Waals surface area contributed by atoms with Crippen LogP contribution in [0.4, 0.5) is 0 Å². The molecule has 66 valence electrons. The smallest absolute Gasteiger partial charge is 0.228 e. The van der Waals surface area contributed by atoms with Gasteiger partial charge in [0.05, 0.1) is 12.5 Å². The topological polar surface area (TPSA) is 89.3 Å². The van der Waals surface area contributed by atoms with E-state index in [4.69, 9.17) is 5.73 Å². The van der Waals surface area contributed by atoms with Crippen LogP contribution < -0.4 is 11.1 Å². The Hall–Kier alpha value is -1.39. The molecule has 5 nitrogen and oxygen atoms in total. The molecule has 0 radical (unpaired) electrons. The zero-order chi connectivity index (χ0) is 9.14. The quantitative estimate of drug-likeness (QED) is 0.516. The van der Waals surface area contributed by atoms with Crippen LogP contribution in [0.15, 0.2) is 0 Å². The van der Waals surface area contributed by atoms with Gasteiger partial charge in [0.1, 0.15) is 0 Å². The highest BCUT2D eigenvalue weighted by molar-refractivity contribution is 6.07. The van der Waals surface area contributed by atoms with Crippen LogP contribution in [0.1, 0.15) is 19.3 Å². The number of hydrogen-bond acceptors (Lipinski definition) is 3. The average Bonchev–Trinajstić information content (AvgIpc) is 2.26. The van der Waals surface area contributed by atoms with Gasteiger partial charge in [-0.15, -0.1) is 0 Å². The minimum absolute atomic E-state index is 0.0660. The van der Waals surface area contributed by atoms with Gasteiger partial charge >= 0.3 is 0 Å². The summed E-state index contributed by atoms with van der Waals surface area (Å²) >= 11 is 0. The molecule has 3 N–H and O–H groups in total. The van der Waals surface area contributed by atoms with Crippen molar-refractivity contribution < 1.29 is 14.4 Å². The van der Waals surface area contributed by atoms with E-state index in [0.29, 0.717) is 6.42 Å². The second-order valence-electron chi connectivity index (χ2n) is 2.77. The van der Waals surface area contributed by atoms with Crippen molar-refractivity contribution >= 4 is 17.6 Å². The molecule has 1 fully saturated rings. The summed E-state index contributed by atoms with van der Waals surface area (Å²) < 4.78 is 0. The average molecular weight is 170 g/mol. The third kappa shape index (κ3) is 2.05. The standard InChI is InChI=1S/C7H10N2O3/c8-6(11)2-1-4-5(10)3-7(12)9-4/h4H,1-3H2,(H2,8,11)(H,9,12). The van der Waals surface area contributed by atoms with Crippen LogP contribution in [0, 0.1) is 0 Å². The first-order chi connectivity index (χ1) is 5.59. The van der Waals surface area contributed by atoms with Gasteiger partial charge in [-0.2, -0.15) is 0 Å². The van der Waals surface area contributed by atoms with E-state index in [1.165, 1.54) is 0 Å². The number of carbonyl (C=O) groups is 3. The zero-order valence-corrected chi connectivity index (χ0v) is 6.50. The van der Waals surface area contributed by atoms with E-state index in [1.807, 2.05) is 0 Å². The number of carbonyl (C=O) groups excluding carboxylic acids is 3. The second kappa shape index (κ2) is 3.34. The zero-order valence-electron chi connectivity index (χ0n) is 6.50. The van der Waals surface area contributed by atoms with Crippen LogP contribution in [-0.4, -0.2) is 23.6 Å². The van der Waals surface area contributed by atoms with Gasteiger partial charge < -0.3 is 11.1 Å². The summed E-state index contributed by atoms with van der Waals surface area (Å²) in [5.74, 6) is -0.875. The third-order valence-electron chi connectivity index (χ3n) is 1.74. The lowest BCUT2D eigenvalue weighted by Gasteiger charge is -2.05. The van der Waals surface area contributed by atoms with E-state index in [9.17, 15) is 14.4 Å². The molecule has 1 aliphatic rings. The summed E-state index contributed by atoms with van der Waals surface area (Å²) in [4.78, 5) is 32.0. The Morgan fingerprint density at radius 1 is 1.58 bits per heavy atom. The Labute approximate surface area is 69.3 Å². The van der Waals surface area contributed by atoms with Crippen LogP contribution in [0.5, 0.6) is 0 Å².